The Balaban J connectivity index is 1.76. The van der Waals surface area contributed by atoms with Crippen LogP contribution >= 0.6 is 11.6 Å². The molecule has 1 fully saturated rings. The van der Waals surface area contributed by atoms with Crippen LogP contribution in [0.25, 0.3) is 0 Å². The predicted molar refractivity (Wildman–Crippen MR) is 92.5 cm³/mol. The highest BCUT2D eigenvalue weighted by atomic mass is 35.5. The Morgan fingerprint density at radius 2 is 1.88 bits per heavy atom. The third-order valence-corrected chi connectivity index (χ3v) is 4.07. The van der Waals surface area contributed by atoms with Crippen LogP contribution in [0.15, 0.2) is 42.5 Å². The number of morpholine rings is 1. The number of benzene rings is 2. The topological polar surface area (TPSA) is 58.6 Å². The molecule has 7 heteroatoms. The number of anilines is 1. The van der Waals surface area contributed by atoms with Gasteiger partial charge in [0.2, 0.25) is 0 Å². The maximum absolute atomic E-state index is 13.8. The zero-order chi connectivity index (χ0) is 17.8. The average Bonchev–Trinajstić information content (AvgIpc) is 2.64. The lowest BCUT2D eigenvalue weighted by Crippen LogP contribution is -2.40. The van der Waals surface area contributed by atoms with Gasteiger partial charge in [0, 0.05) is 29.4 Å². The zero-order valence-corrected chi connectivity index (χ0v) is 14.1. The molecule has 0 unspecified atom stereocenters. The SMILES string of the molecule is O=C(Nc1cccc(C(=O)N2CCOCC2)c1)c1cc(Cl)ccc1F. The van der Waals surface area contributed by atoms with Gasteiger partial charge in [-0.1, -0.05) is 17.7 Å². The number of nitrogens with zero attached hydrogens (tertiary/aromatic N) is 1. The van der Waals surface area contributed by atoms with E-state index in [0.29, 0.717) is 37.6 Å². The van der Waals surface area contributed by atoms with E-state index in [1.165, 1.54) is 12.1 Å². The van der Waals surface area contributed by atoms with E-state index >= 15 is 0 Å². The van der Waals surface area contributed by atoms with Gasteiger partial charge in [-0.3, -0.25) is 9.59 Å². The first-order valence-electron chi connectivity index (χ1n) is 7.78. The highest BCUT2D eigenvalue weighted by Gasteiger charge is 2.19. The van der Waals surface area contributed by atoms with Gasteiger partial charge >= 0.3 is 0 Å². The fourth-order valence-corrected chi connectivity index (χ4v) is 2.72. The van der Waals surface area contributed by atoms with E-state index in [4.69, 9.17) is 16.3 Å². The Morgan fingerprint density at radius 1 is 1.12 bits per heavy atom. The van der Waals surface area contributed by atoms with Gasteiger partial charge < -0.3 is 15.0 Å². The molecular formula is C18H16ClFN2O3. The summed E-state index contributed by atoms with van der Waals surface area (Å²) >= 11 is 5.81. The highest BCUT2D eigenvalue weighted by Crippen LogP contribution is 2.18. The van der Waals surface area contributed by atoms with Gasteiger partial charge in [0.05, 0.1) is 18.8 Å². The molecule has 0 bridgehead atoms. The van der Waals surface area contributed by atoms with E-state index in [-0.39, 0.29) is 16.5 Å². The van der Waals surface area contributed by atoms with E-state index < -0.39 is 11.7 Å². The van der Waals surface area contributed by atoms with Crippen molar-refractivity contribution in [2.24, 2.45) is 0 Å². The third-order valence-electron chi connectivity index (χ3n) is 3.84. The Labute approximate surface area is 149 Å². The third kappa shape index (κ3) is 4.15. The molecule has 0 radical (unpaired) electrons. The molecule has 1 aliphatic rings. The lowest BCUT2D eigenvalue weighted by molar-refractivity contribution is 0.0303. The molecule has 2 amide bonds. The van der Waals surface area contributed by atoms with Crippen LogP contribution < -0.4 is 5.32 Å². The molecule has 1 N–H and O–H groups in total. The van der Waals surface area contributed by atoms with Crippen LogP contribution in [0.3, 0.4) is 0 Å². The molecule has 25 heavy (non-hydrogen) atoms. The first-order valence-corrected chi connectivity index (χ1v) is 8.16. The molecular weight excluding hydrogens is 347 g/mol. The minimum Gasteiger partial charge on any atom is -0.378 e. The first kappa shape index (κ1) is 17.4. The molecule has 1 saturated heterocycles. The number of ether oxygens (including phenoxy) is 1. The van der Waals surface area contributed by atoms with Crippen LogP contribution in [0, 0.1) is 5.82 Å². The fraction of sp³-hybridized carbons (Fsp3) is 0.222. The normalized spacial score (nSPS) is 14.2. The fourth-order valence-electron chi connectivity index (χ4n) is 2.55. The Bertz CT molecular complexity index is 807. The summed E-state index contributed by atoms with van der Waals surface area (Å²) in [6, 6.07) is 10.3. The largest absolute Gasteiger partial charge is 0.378 e. The number of amides is 2. The lowest BCUT2D eigenvalue weighted by atomic mass is 10.1. The van der Waals surface area contributed by atoms with Crippen molar-refractivity contribution in [2.75, 3.05) is 31.6 Å². The van der Waals surface area contributed by atoms with Gasteiger partial charge in [0.1, 0.15) is 5.82 Å². The quantitative estimate of drug-likeness (QED) is 0.912. The van der Waals surface area contributed by atoms with Crippen molar-refractivity contribution in [1.82, 2.24) is 4.90 Å². The van der Waals surface area contributed by atoms with Crippen LogP contribution in [0.5, 0.6) is 0 Å². The average molecular weight is 363 g/mol. The van der Waals surface area contributed by atoms with Crippen molar-refractivity contribution >= 4 is 29.1 Å². The Kier molecular flexibility index (Phi) is 5.31. The molecule has 1 heterocycles. The Hall–Kier alpha value is -2.44. The summed E-state index contributed by atoms with van der Waals surface area (Å²) < 4.78 is 19.0. The summed E-state index contributed by atoms with van der Waals surface area (Å²) in [5.41, 5.74) is 0.701. The van der Waals surface area contributed by atoms with Crippen LogP contribution in [0.2, 0.25) is 5.02 Å². The molecule has 130 valence electrons. The van der Waals surface area contributed by atoms with Crippen molar-refractivity contribution in [2.45, 2.75) is 0 Å². The number of rotatable bonds is 3. The zero-order valence-electron chi connectivity index (χ0n) is 13.3. The molecule has 2 aromatic rings. The molecule has 0 aliphatic carbocycles. The van der Waals surface area contributed by atoms with E-state index in [2.05, 4.69) is 5.32 Å². The van der Waals surface area contributed by atoms with Crippen molar-refractivity contribution in [1.29, 1.82) is 0 Å². The Morgan fingerprint density at radius 3 is 2.64 bits per heavy atom. The minimum absolute atomic E-state index is 0.131. The number of carbonyl (C=O) groups excluding carboxylic acids is 2. The molecule has 3 rings (SSSR count). The summed E-state index contributed by atoms with van der Waals surface area (Å²) in [5, 5.41) is 2.86. The van der Waals surface area contributed by atoms with Gasteiger partial charge in [-0.25, -0.2) is 4.39 Å². The predicted octanol–water partition coefficient (Wildman–Crippen LogP) is 3.20. The van der Waals surface area contributed by atoms with Crippen LogP contribution in [0.4, 0.5) is 10.1 Å². The molecule has 0 atom stereocenters. The molecule has 0 aromatic heterocycles. The maximum atomic E-state index is 13.8. The highest BCUT2D eigenvalue weighted by molar-refractivity contribution is 6.31. The molecule has 0 spiro atoms. The van der Waals surface area contributed by atoms with Gasteiger partial charge in [-0.05, 0) is 36.4 Å². The number of nitrogens with one attached hydrogen (secondary N) is 1. The smallest absolute Gasteiger partial charge is 0.258 e. The van der Waals surface area contributed by atoms with E-state index in [1.54, 1.807) is 29.2 Å². The summed E-state index contributed by atoms with van der Waals surface area (Å²) in [6.07, 6.45) is 0. The summed E-state index contributed by atoms with van der Waals surface area (Å²) in [5.74, 6) is -1.42. The molecule has 5 nitrogen and oxygen atoms in total. The number of carbonyl (C=O) groups is 2. The van der Waals surface area contributed by atoms with Gasteiger partial charge in [0.15, 0.2) is 0 Å². The lowest BCUT2D eigenvalue weighted by Gasteiger charge is -2.27. The van der Waals surface area contributed by atoms with E-state index in [0.717, 1.165) is 6.07 Å². The summed E-state index contributed by atoms with van der Waals surface area (Å²) in [4.78, 5) is 26.4. The number of hydrogen-bond acceptors (Lipinski definition) is 3. The van der Waals surface area contributed by atoms with Gasteiger partial charge in [-0.2, -0.15) is 0 Å². The monoisotopic (exact) mass is 362 g/mol. The standard InChI is InChI=1S/C18H16ClFN2O3/c19-13-4-5-16(20)15(11-13)17(23)21-14-3-1-2-12(10-14)18(24)22-6-8-25-9-7-22/h1-5,10-11H,6-9H2,(H,21,23). The van der Waals surface area contributed by atoms with E-state index in [1.807, 2.05) is 0 Å². The second kappa shape index (κ2) is 7.63. The molecule has 0 saturated carbocycles. The maximum Gasteiger partial charge on any atom is 0.258 e. The van der Waals surface area contributed by atoms with Gasteiger partial charge in [-0.15, -0.1) is 0 Å². The first-order chi connectivity index (χ1) is 12.0. The number of hydrogen-bond donors (Lipinski definition) is 1. The second-order valence-electron chi connectivity index (χ2n) is 5.56. The van der Waals surface area contributed by atoms with Crippen molar-refractivity contribution in [3.8, 4) is 0 Å². The molecule has 2 aromatic carbocycles. The number of halogens is 2. The van der Waals surface area contributed by atoms with Crippen LogP contribution in [-0.4, -0.2) is 43.0 Å². The van der Waals surface area contributed by atoms with Crippen molar-refractivity contribution in [3.63, 3.8) is 0 Å². The van der Waals surface area contributed by atoms with Crippen molar-refractivity contribution < 1.29 is 18.7 Å². The molecule has 1 aliphatic heterocycles. The minimum atomic E-state index is -0.664. The van der Waals surface area contributed by atoms with Crippen LogP contribution in [-0.2, 0) is 4.74 Å². The summed E-state index contributed by atoms with van der Waals surface area (Å²) in [6.45, 7) is 2.08. The van der Waals surface area contributed by atoms with E-state index in [9.17, 15) is 14.0 Å². The van der Waals surface area contributed by atoms with Crippen molar-refractivity contribution in [3.05, 3.63) is 64.4 Å². The van der Waals surface area contributed by atoms with Crippen LogP contribution in [0.1, 0.15) is 20.7 Å². The van der Waals surface area contributed by atoms with Gasteiger partial charge in [0.25, 0.3) is 11.8 Å². The summed E-state index contributed by atoms with van der Waals surface area (Å²) in [7, 11) is 0. The second-order valence-corrected chi connectivity index (χ2v) is 6.00.